The summed E-state index contributed by atoms with van der Waals surface area (Å²) in [5.41, 5.74) is -1.06. The predicted molar refractivity (Wildman–Crippen MR) is 110 cm³/mol. The molecule has 0 spiro atoms. The van der Waals surface area contributed by atoms with Gasteiger partial charge in [-0.15, -0.1) is 0 Å². The van der Waals surface area contributed by atoms with E-state index in [1.54, 1.807) is 39.2 Å². The van der Waals surface area contributed by atoms with Crippen LogP contribution in [0.4, 0.5) is 0 Å². The van der Waals surface area contributed by atoms with Crippen LogP contribution in [-0.2, 0) is 33.3 Å². The standard InChI is InChI=1S/C22H29NO8/c1-4-29-20(26)22(21(27)30-5-2)14-15(13-18(25)31-12-8-11-28-3)19(23-22)16-9-6-7-10-17(16)24/h6-7,9-10,13,19,23-24H,4-5,8,11-12,14H2,1-3H3/b15-13+. The molecule has 1 unspecified atom stereocenters. The predicted octanol–water partition coefficient (Wildman–Crippen LogP) is 1.80. The van der Waals surface area contributed by atoms with Crippen LogP contribution < -0.4 is 5.32 Å². The third-order valence-corrected chi connectivity index (χ3v) is 4.77. The lowest BCUT2D eigenvalue weighted by Gasteiger charge is -2.25. The molecular formula is C22H29NO8. The van der Waals surface area contributed by atoms with Crippen LogP contribution in [-0.4, -0.2) is 62.1 Å². The Bertz CT molecular complexity index is 801. The molecule has 2 rings (SSSR count). The maximum atomic E-state index is 12.8. The molecule has 9 heteroatoms. The van der Waals surface area contributed by atoms with Crippen molar-refractivity contribution >= 4 is 17.9 Å². The number of ether oxygens (including phenoxy) is 4. The Morgan fingerprint density at radius 1 is 1.10 bits per heavy atom. The average molecular weight is 435 g/mol. The van der Waals surface area contributed by atoms with Crippen LogP contribution in [0.5, 0.6) is 5.75 Å². The number of methoxy groups -OCH3 is 1. The molecule has 1 aromatic carbocycles. The lowest BCUT2D eigenvalue weighted by Crippen LogP contribution is -2.56. The number of nitrogens with one attached hydrogen (secondary N) is 1. The van der Waals surface area contributed by atoms with Gasteiger partial charge in [-0.1, -0.05) is 18.2 Å². The molecule has 170 valence electrons. The molecule has 0 aliphatic carbocycles. The zero-order valence-electron chi connectivity index (χ0n) is 18.0. The molecule has 0 amide bonds. The Hall–Kier alpha value is -2.91. The van der Waals surface area contributed by atoms with Crippen molar-refractivity contribution in [3.8, 4) is 5.75 Å². The molecule has 1 aliphatic heterocycles. The number of hydrogen-bond donors (Lipinski definition) is 2. The van der Waals surface area contributed by atoms with Crippen LogP contribution in [0.1, 0.15) is 38.3 Å². The minimum Gasteiger partial charge on any atom is -0.508 e. The minimum absolute atomic E-state index is 0.0529. The molecule has 1 heterocycles. The highest BCUT2D eigenvalue weighted by Crippen LogP contribution is 2.42. The summed E-state index contributed by atoms with van der Waals surface area (Å²) in [6.45, 7) is 3.97. The van der Waals surface area contributed by atoms with E-state index in [9.17, 15) is 19.5 Å². The van der Waals surface area contributed by atoms with Gasteiger partial charge in [0.05, 0.1) is 25.9 Å². The topological polar surface area (TPSA) is 120 Å². The first-order valence-electron chi connectivity index (χ1n) is 10.2. The van der Waals surface area contributed by atoms with Crippen LogP contribution in [0, 0.1) is 0 Å². The molecule has 2 N–H and O–H groups in total. The van der Waals surface area contributed by atoms with Crippen molar-refractivity contribution < 1.29 is 38.4 Å². The fourth-order valence-electron chi connectivity index (χ4n) is 3.37. The molecule has 1 aliphatic rings. The molecule has 1 aromatic rings. The number of benzene rings is 1. The van der Waals surface area contributed by atoms with Crippen molar-refractivity contribution in [2.24, 2.45) is 0 Å². The lowest BCUT2D eigenvalue weighted by atomic mass is 9.93. The number of carbonyl (C=O) groups excluding carboxylic acids is 3. The molecule has 0 bridgehead atoms. The highest BCUT2D eigenvalue weighted by Gasteiger charge is 2.56. The number of phenols is 1. The Balaban J connectivity index is 2.43. The third kappa shape index (κ3) is 5.83. The first kappa shape index (κ1) is 24.4. The van der Waals surface area contributed by atoms with Gasteiger partial charge in [-0.05, 0) is 25.5 Å². The molecule has 0 aromatic heterocycles. The zero-order valence-corrected chi connectivity index (χ0v) is 18.0. The maximum Gasteiger partial charge on any atom is 0.338 e. The van der Waals surface area contributed by atoms with Crippen molar-refractivity contribution in [2.75, 3.05) is 33.5 Å². The molecule has 1 fully saturated rings. The summed E-state index contributed by atoms with van der Waals surface area (Å²) >= 11 is 0. The molecule has 1 atom stereocenters. The van der Waals surface area contributed by atoms with Gasteiger partial charge < -0.3 is 24.1 Å². The molecular weight excluding hydrogens is 406 g/mol. The summed E-state index contributed by atoms with van der Waals surface area (Å²) in [6.07, 6.45) is 1.59. The van der Waals surface area contributed by atoms with E-state index in [1.165, 1.54) is 12.1 Å². The Labute approximate surface area is 181 Å². The number of para-hydroxylation sites is 1. The highest BCUT2D eigenvalue weighted by molar-refractivity contribution is 6.06. The van der Waals surface area contributed by atoms with Crippen molar-refractivity contribution in [2.45, 2.75) is 38.3 Å². The van der Waals surface area contributed by atoms with Crippen molar-refractivity contribution in [1.29, 1.82) is 0 Å². The van der Waals surface area contributed by atoms with E-state index in [0.29, 0.717) is 24.2 Å². The van der Waals surface area contributed by atoms with Gasteiger partial charge in [-0.25, -0.2) is 14.4 Å². The number of esters is 3. The van der Waals surface area contributed by atoms with Gasteiger partial charge in [0.25, 0.3) is 0 Å². The summed E-state index contributed by atoms with van der Waals surface area (Å²) in [4.78, 5) is 38.0. The highest BCUT2D eigenvalue weighted by atomic mass is 16.6. The van der Waals surface area contributed by atoms with Crippen LogP contribution in [0.3, 0.4) is 0 Å². The fourth-order valence-corrected chi connectivity index (χ4v) is 3.37. The van der Waals surface area contributed by atoms with E-state index >= 15 is 0 Å². The summed E-state index contributed by atoms with van der Waals surface area (Å²) in [5.74, 6) is -2.31. The zero-order chi connectivity index (χ0) is 22.9. The molecule has 0 saturated carbocycles. The number of rotatable bonds is 10. The van der Waals surface area contributed by atoms with Crippen molar-refractivity contribution in [3.63, 3.8) is 0 Å². The van der Waals surface area contributed by atoms with E-state index in [0.717, 1.165) is 0 Å². The summed E-state index contributed by atoms with van der Waals surface area (Å²) in [7, 11) is 1.55. The second kappa shape index (κ2) is 11.5. The van der Waals surface area contributed by atoms with E-state index < -0.39 is 29.5 Å². The average Bonchev–Trinajstić information content (AvgIpc) is 3.12. The van der Waals surface area contributed by atoms with E-state index in [-0.39, 0.29) is 32.0 Å². The summed E-state index contributed by atoms with van der Waals surface area (Å²) in [6, 6.07) is 5.66. The van der Waals surface area contributed by atoms with Crippen LogP contribution in [0.15, 0.2) is 35.9 Å². The first-order valence-corrected chi connectivity index (χ1v) is 10.2. The quantitative estimate of drug-likeness (QED) is 0.186. The lowest BCUT2D eigenvalue weighted by molar-refractivity contribution is -0.165. The van der Waals surface area contributed by atoms with Crippen LogP contribution >= 0.6 is 0 Å². The van der Waals surface area contributed by atoms with Gasteiger partial charge >= 0.3 is 17.9 Å². The largest absolute Gasteiger partial charge is 0.508 e. The maximum absolute atomic E-state index is 12.8. The smallest absolute Gasteiger partial charge is 0.338 e. The number of aromatic hydroxyl groups is 1. The Morgan fingerprint density at radius 3 is 2.32 bits per heavy atom. The van der Waals surface area contributed by atoms with E-state index in [1.807, 2.05) is 0 Å². The first-order chi connectivity index (χ1) is 14.9. The van der Waals surface area contributed by atoms with Gasteiger partial charge in [-0.3, -0.25) is 5.32 Å². The van der Waals surface area contributed by atoms with E-state index in [2.05, 4.69) is 5.32 Å². The number of phenolic OH excluding ortho intramolecular Hbond substituents is 1. The molecule has 9 nitrogen and oxygen atoms in total. The van der Waals surface area contributed by atoms with Gasteiger partial charge in [0, 0.05) is 38.2 Å². The minimum atomic E-state index is -1.85. The fraction of sp³-hybridized carbons (Fsp3) is 0.500. The third-order valence-electron chi connectivity index (χ3n) is 4.77. The molecule has 0 radical (unpaired) electrons. The Morgan fingerprint density at radius 2 is 1.74 bits per heavy atom. The van der Waals surface area contributed by atoms with Gasteiger partial charge in [0.2, 0.25) is 5.54 Å². The SMILES string of the molecule is CCOC(=O)C1(C(=O)OCC)C/C(=C\C(=O)OCCCOC)C(c2ccccc2O)N1. The monoisotopic (exact) mass is 435 g/mol. The van der Waals surface area contributed by atoms with Crippen LogP contribution in [0.25, 0.3) is 0 Å². The second-order valence-corrected chi connectivity index (χ2v) is 6.89. The normalized spacial score (nSPS) is 18.5. The van der Waals surface area contributed by atoms with Crippen molar-refractivity contribution in [1.82, 2.24) is 5.32 Å². The number of hydrogen-bond acceptors (Lipinski definition) is 9. The summed E-state index contributed by atoms with van der Waals surface area (Å²) < 4.78 is 20.4. The van der Waals surface area contributed by atoms with Gasteiger partial charge in [-0.2, -0.15) is 0 Å². The molecule has 31 heavy (non-hydrogen) atoms. The van der Waals surface area contributed by atoms with E-state index in [4.69, 9.17) is 18.9 Å². The van der Waals surface area contributed by atoms with Crippen molar-refractivity contribution in [3.05, 3.63) is 41.5 Å². The summed E-state index contributed by atoms with van der Waals surface area (Å²) in [5, 5.41) is 13.3. The number of carbonyl (C=O) groups is 3. The van der Waals surface area contributed by atoms with Gasteiger partial charge in [0.1, 0.15) is 5.75 Å². The van der Waals surface area contributed by atoms with Gasteiger partial charge in [0.15, 0.2) is 0 Å². The van der Waals surface area contributed by atoms with Crippen LogP contribution in [0.2, 0.25) is 0 Å². The molecule has 1 saturated heterocycles. The second-order valence-electron chi connectivity index (χ2n) is 6.89. The Kier molecular flexibility index (Phi) is 9.02.